The van der Waals surface area contributed by atoms with Crippen molar-refractivity contribution in [1.82, 2.24) is 14.1 Å². The first-order valence-corrected chi connectivity index (χ1v) is 11.6. The molecule has 8 nitrogen and oxygen atoms in total. The fourth-order valence-corrected chi connectivity index (χ4v) is 4.65. The Bertz CT molecular complexity index is 1100. The summed E-state index contributed by atoms with van der Waals surface area (Å²) in [6, 6.07) is 11.5. The van der Waals surface area contributed by atoms with Crippen molar-refractivity contribution in [1.29, 1.82) is 0 Å². The van der Waals surface area contributed by atoms with E-state index in [-0.39, 0.29) is 27.4 Å². The van der Waals surface area contributed by atoms with Crippen molar-refractivity contribution >= 4 is 39.2 Å². The lowest BCUT2D eigenvalue weighted by Crippen LogP contribution is -2.51. The smallest absolute Gasteiger partial charge is 0.321 e. The summed E-state index contributed by atoms with van der Waals surface area (Å²) >= 11 is 6.06. The summed E-state index contributed by atoms with van der Waals surface area (Å²) in [7, 11) is -0.970. The van der Waals surface area contributed by atoms with Gasteiger partial charge in [0.05, 0.1) is 5.02 Å². The van der Waals surface area contributed by atoms with Crippen LogP contribution in [0.3, 0.4) is 0 Å². The third-order valence-corrected chi connectivity index (χ3v) is 7.36. The van der Waals surface area contributed by atoms with E-state index >= 15 is 0 Å². The molecule has 1 aliphatic rings. The quantitative estimate of drug-likeness (QED) is 0.753. The number of piperazine rings is 1. The molecule has 0 aliphatic carbocycles. The van der Waals surface area contributed by atoms with Crippen molar-refractivity contribution < 1.29 is 18.0 Å². The standard InChI is InChI=1S/C21H25ClN4O4S/c1-15-5-4-6-17(13-15)23-21(28)26-11-9-25(10-12-26)20(27)16-7-8-18(22)19(14-16)31(29,30)24(2)3/h4-8,13-14H,9-12H2,1-3H3,(H,23,28). The van der Waals surface area contributed by atoms with Crippen LogP contribution in [0.4, 0.5) is 10.5 Å². The van der Waals surface area contributed by atoms with E-state index in [1.807, 2.05) is 31.2 Å². The zero-order chi connectivity index (χ0) is 22.8. The molecule has 0 unspecified atom stereocenters. The van der Waals surface area contributed by atoms with Crippen molar-refractivity contribution in [3.8, 4) is 0 Å². The van der Waals surface area contributed by atoms with E-state index in [9.17, 15) is 18.0 Å². The molecule has 3 rings (SSSR count). The number of carbonyl (C=O) groups is 2. The van der Waals surface area contributed by atoms with Gasteiger partial charge in [-0.2, -0.15) is 0 Å². The minimum atomic E-state index is -3.78. The van der Waals surface area contributed by atoms with Gasteiger partial charge in [0.2, 0.25) is 10.0 Å². The molecule has 0 atom stereocenters. The largest absolute Gasteiger partial charge is 0.335 e. The highest BCUT2D eigenvalue weighted by molar-refractivity contribution is 7.89. The lowest BCUT2D eigenvalue weighted by molar-refractivity contribution is 0.0671. The number of anilines is 1. The zero-order valence-electron chi connectivity index (χ0n) is 17.6. The van der Waals surface area contributed by atoms with Gasteiger partial charge < -0.3 is 15.1 Å². The number of rotatable bonds is 4. The Morgan fingerprint density at radius 3 is 2.26 bits per heavy atom. The predicted octanol–water partition coefficient (Wildman–Crippen LogP) is 2.89. The topological polar surface area (TPSA) is 90.0 Å². The molecule has 1 fully saturated rings. The van der Waals surface area contributed by atoms with Crippen LogP contribution < -0.4 is 5.32 Å². The molecule has 1 saturated heterocycles. The van der Waals surface area contributed by atoms with Gasteiger partial charge in [-0.25, -0.2) is 17.5 Å². The average molecular weight is 465 g/mol. The molecule has 31 heavy (non-hydrogen) atoms. The molecular weight excluding hydrogens is 440 g/mol. The summed E-state index contributed by atoms with van der Waals surface area (Å²) in [5, 5.41) is 2.92. The number of nitrogens with one attached hydrogen (secondary N) is 1. The molecule has 1 N–H and O–H groups in total. The molecular formula is C21H25ClN4O4S. The van der Waals surface area contributed by atoms with E-state index < -0.39 is 10.0 Å². The number of benzene rings is 2. The summed E-state index contributed by atoms with van der Waals surface area (Å²) in [4.78, 5) is 28.6. The van der Waals surface area contributed by atoms with Crippen LogP contribution in [0.2, 0.25) is 5.02 Å². The van der Waals surface area contributed by atoms with Gasteiger partial charge >= 0.3 is 6.03 Å². The molecule has 0 aromatic heterocycles. The maximum atomic E-state index is 12.9. The molecule has 166 valence electrons. The predicted molar refractivity (Wildman–Crippen MR) is 120 cm³/mol. The Morgan fingerprint density at radius 1 is 1.00 bits per heavy atom. The monoisotopic (exact) mass is 464 g/mol. The number of nitrogens with zero attached hydrogens (tertiary/aromatic N) is 3. The van der Waals surface area contributed by atoms with Crippen LogP contribution in [0.25, 0.3) is 0 Å². The van der Waals surface area contributed by atoms with E-state index in [1.54, 1.807) is 9.80 Å². The van der Waals surface area contributed by atoms with Crippen molar-refractivity contribution in [3.63, 3.8) is 0 Å². The number of halogens is 1. The van der Waals surface area contributed by atoms with Gasteiger partial charge in [0, 0.05) is 51.5 Å². The van der Waals surface area contributed by atoms with Crippen LogP contribution in [0, 0.1) is 6.92 Å². The molecule has 0 radical (unpaired) electrons. The highest BCUT2D eigenvalue weighted by atomic mass is 35.5. The fourth-order valence-electron chi connectivity index (χ4n) is 3.25. The molecule has 2 aromatic rings. The lowest BCUT2D eigenvalue weighted by atomic mass is 10.2. The van der Waals surface area contributed by atoms with E-state index in [0.29, 0.717) is 26.2 Å². The second kappa shape index (κ2) is 9.25. The van der Waals surface area contributed by atoms with Crippen LogP contribution in [-0.2, 0) is 10.0 Å². The lowest BCUT2D eigenvalue weighted by Gasteiger charge is -2.34. The van der Waals surface area contributed by atoms with Gasteiger partial charge in [-0.3, -0.25) is 4.79 Å². The molecule has 0 bridgehead atoms. The van der Waals surface area contributed by atoms with Crippen LogP contribution in [-0.4, -0.2) is 74.7 Å². The van der Waals surface area contributed by atoms with Crippen molar-refractivity contribution in [2.45, 2.75) is 11.8 Å². The third-order valence-electron chi connectivity index (χ3n) is 5.06. The minimum absolute atomic E-state index is 0.0582. The first-order chi connectivity index (χ1) is 14.6. The highest BCUT2D eigenvalue weighted by Crippen LogP contribution is 2.25. The van der Waals surface area contributed by atoms with Gasteiger partial charge in [0.1, 0.15) is 4.90 Å². The number of hydrogen-bond donors (Lipinski definition) is 1. The molecule has 3 amide bonds. The molecule has 1 heterocycles. The van der Waals surface area contributed by atoms with E-state index in [4.69, 9.17) is 11.6 Å². The molecule has 1 aliphatic heterocycles. The van der Waals surface area contributed by atoms with Crippen molar-refractivity contribution in [2.24, 2.45) is 0 Å². The van der Waals surface area contributed by atoms with Gasteiger partial charge in [-0.05, 0) is 42.8 Å². The van der Waals surface area contributed by atoms with Crippen LogP contribution in [0.15, 0.2) is 47.4 Å². The molecule has 2 aromatic carbocycles. The normalized spacial score (nSPS) is 14.6. The van der Waals surface area contributed by atoms with Gasteiger partial charge in [-0.15, -0.1) is 0 Å². The summed E-state index contributed by atoms with van der Waals surface area (Å²) in [5.41, 5.74) is 2.01. The SMILES string of the molecule is Cc1cccc(NC(=O)N2CCN(C(=O)c3ccc(Cl)c(S(=O)(=O)N(C)C)c3)CC2)c1. The van der Waals surface area contributed by atoms with Gasteiger partial charge in [0.15, 0.2) is 0 Å². The van der Waals surface area contributed by atoms with Crippen LogP contribution in [0.5, 0.6) is 0 Å². The summed E-state index contributed by atoms with van der Waals surface area (Å²) in [6.07, 6.45) is 0. The first kappa shape index (κ1) is 23.1. The Morgan fingerprint density at radius 2 is 1.65 bits per heavy atom. The second-order valence-corrected chi connectivity index (χ2v) is 10.0. The van der Waals surface area contributed by atoms with E-state index in [1.165, 1.54) is 32.3 Å². The maximum Gasteiger partial charge on any atom is 0.321 e. The van der Waals surface area contributed by atoms with Gasteiger partial charge in [-0.1, -0.05) is 23.7 Å². The third kappa shape index (κ3) is 5.17. The molecule has 10 heteroatoms. The Balaban J connectivity index is 1.66. The van der Waals surface area contributed by atoms with Crippen molar-refractivity contribution in [3.05, 3.63) is 58.6 Å². The second-order valence-electron chi connectivity index (χ2n) is 7.51. The average Bonchev–Trinajstić information content (AvgIpc) is 2.73. The number of urea groups is 1. The van der Waals surface area contributed by atoms with Gasteiger partial charge in [0.25, 0.3) is 5.91 Å². The summed E-state index contributed by atoms with van der Waals surface area (Å²) in [5.74, 6) is -0.300. The van der Waals surface area contributed by atoms with Crippen LogP contribution >= 0.6 is 11.6 Å². The minimum Gasteiger partial charge on any atom is -0.335 e. The fraction of sp³-hybridized carbons (Fsp3) is 0.333. The highest BCUT2D eigenvalue weighted by Gasteiger charge is 2.27. The Labute approximate surface area is 187 Å². The Kier molecular flexibility index (Phi) is 6.88. The van der Waals surface area contributed by atoms with E-state index in [2.05, 4.69) is 5.32 Å². The first-order valence-electron chi connectivity index (χ1n) is 9.73. The number of sulfonamides is 1. The summed E-state index contributed by atoms with van der Waals surface area (Å²) < 4.78 is 26.0. The van der Waals surface area contributed by atoms with E-state index in [0.717, 1.165) is 15.6 Å². The summed E-state index contributed by atoms with van der Waals surface area (Å²) in [6.45, 7) is 3.39. The maximum absolute atomic E-state index is 12.9. The number of hydrogen-bond acceptors (Lipinski definition) is 4. The van der Waals surface area contributed by atoms with Crippen molar-refractivity contribution in [2.75, 3.05) is 45.6 Å². The van der Waals surface area contributed by atoms with Crippen LogP contribution in [0.1, 0.15) is 15.9 Å². The number of aryl methyl sites for hydroxylation is 1. The Hall–Kier alpha value is -2.62. The molecule has 0 saturated carbocycles. The zero-order valence-corrected chi connectivity index (χ0v) is 19.2. The molecule has 0 spiro atoms. The number of carbonyl (C=O) groups excluding carboxylic acids is 2. The number of amides is 3.